The van der Waals surface area contributed by atoms with Crippen LogP contribution in [-0.2, 0) is 6.42 Å². The first-order chi connectivity index (χ1) is 7.84. The Hall–Kier alpha value is -1.90. The molecule has 1 aromatic heterocycles. The molecule has 0 saturated carbocycles. The van der Waals surface area contributed by atoms with Gasteiger partial charge in [-0.3, -0.25) is 9.89 Å². The lowest BCUT2D eigenvalue weighted by Crippen LogP contribution is -2.17. The summed E-state index contributed by atoms with van der Waals surface area (Å²) in [4.78, 5) is 11.9. The van der Waals surface area contributed by atoms with Crippen LogP contribution < -0.4 is 0 Å². The molecule has 0 amide bonds. The molecule has 0 saturated heterocycles. The fourth-order valence-electron chi connectivity index (χ4n) is 2.32. The Labute approximate surface area is 93.5 Å². The van der Waals surface area contributed by atoms with Crippen LogP contribution in [0.4, 0.5) is 0 Å². The van der Waals surface area contributed by atoms with Crippen LogP contribution in [0.1, 0.15) is 34.0 Å². The van der Waals surface area contributed by atoms with Crippen molar-refractivity contribution in [1.82, 2.24) is 10.2 Å². The first-order valence-corrected chi connectivity index (χ1v) is 5.45. The van der Waals surface area contributed by atoms with Crippen LogP contribution in [0, 0.1) is 0 Å². The molecule has 1 N–H and O–H groups in total. The van der Waals surface area contributed by atoms with Crippen molar-refractivity contribution in [2.24, 2.45) is 0 Å². The molecule has 1 aliphatic rings. The summed E-state index contributed by atoms with van der Waals surface area (Å²) in [6.07, 6.45) is 3.11. The molecular formula is C13H12N2O. The lowest BCUT2D eigenvalue weighted by molar-refractivity contribution is 0.0964. The van der Waals surface area contributed by atoms with Gasteiger partial charge < -0.3 is 0 Å². The molecule has 3 heteroatoms. The summed E-state index contributed by atoms with van der Waals surface area (Å²) >= 11 is 0. The first kappa shape index (κ1) is 9.33. The molecule has 0 bridgehead atoms. The summed E-state index contributed by atoms with van der Waals surface area (Å²) in [5.41, 5.74) is 2.98. The fourth-order valence-corrected chi connectivity index (χ4v) is 2.32. The maximum absolute atomic E-state index is 11.9. The average molecular weight is 212 g/mol. The monoisotopic (exact) mass is 212 g/mol. The van der Waals surface area contributed by atoms with Gasteiger partial charge in [-0.25, -0.2) is 0 Å². The highest BCUT2D eigenvalue weighted by Crippen LogP contribution is 2.31. The van der Waals surface area contributed by atoms with Crippen LogP contribution in [0.3, 0.4) is 0 Å². The second kappa shape index (κ2) is 3.59. The highest BCUT2D eigenvalue weighted by Gasteiger charge is 2.27. The summed E-state index contributed by atoms with van der Waals surface area (Å²) < 4.78 is 0. The highest BCUT2D eigenvalue weighted by atomic mass is 16.1. The van der Waals surface area contributed by atoms with Gasteiger partial charge in [0.2, 0.25) is 0 Å². The minimum atomic E-state index is 0.198. The minimum Gasteiger partial charge on any atom is -0.294 e. The van der Waals surface area contributed by atoms with Gasteiger partial charge in [0.15, 0.2) is 5.78 Å². The van der Waals surface area contributed by atoms with Crippen molar-refractivity contribution < 1.29 is 4.79 Å². The predicted octanol–water partition coefficient (Wildman–Crippen LogP) is 2.32. The summed E-state index contributed by atoms with van der Waals surface area (Å²) in [6.45, 7) is 0. The van der Waals surface area contributed by atoms with E-state index in [1.807, 2.05) is 18.2 Å². The number of H-pyrrole nitrogens is 1. The van der Waals surface area contributed by atoms with E-state index in [0.717, 1.165) is 17.7 Å². The number of nitrogens with one attached hydrogen (secondary N) is 1. The Bertz CT molecular complexity index is 516. The van der Waals surface area contributed by atoms with Crippen molar-refractivity contribution in [3.63, 3.8) is 0 Å². The van der Waals surface area contributed by atoms with Crippen molar-refractivity contribution in [3.05, 3.63) is 53.3 Å². The van der Waals surface area contributed by atoms with Crippen LogP contribution in [0.15, 0.2) is 36.5 Å². The lowest BCUT2D eigenvalue weighted by atomic mass is 9.83. The summed E-state index contributed by atoms with van der Waals surface area (Å²) in [5, 5.41) is 6.85. The number of rotatable bonds is 1. The zero-order valence-electron chi connectivity index (χ0n) is 8.81. The smallest absolute Gasteiger partial charge is 0.166 e. The van der Waals surface area contributed by atoms with Crippen molar-refractivity contribution in [3.8, 4) is 0 Å². The van der Waals surface area contributed by atoms with Gasteiger partial charge in [0, 0.05) is 12.1 Å². The van der Waals surface area contributed by atoms with E-state index in [1.54, 1.807) is 6.20 Å². The maximum atomic E-state index is 11.9. The number of ketones is 1. The Morgan fingerprint density at radius 3 is 2.81 bits per heavy atom. The maximum Gasteiger partial charge on any atom is 0.166 e. The number of carbonyl (C=O) groups is 1. The molecule has 0 radical (unpaired) electrons. The molecule has 3 rings (SSSR count). The topological polar surface area (TPSA) is 45.8 Å². The second-order valence-electron chi connectivity index (χ2n) is 4.20. The SMILES string of the molecule is O=C1C[C@@H](c2ccccc2)Cc2[nH]ncc21. The molecule has 0 aliphatic heterocycles. The average Bonchev–Trinajstić information content (AvgIpc) is 2.79. The van der Waals surface area contributed by atoms with Gasteiger partial charge in [-0.2, -0.15) is 5.10 Å². The lowest BCUT2D eigenvalue weighted by Gasteiger charge is -2.20. The van der Waals surface area contributed by atoms with E-state index >= 15 is 0 Å². The third-order valence-electron chi connectivity index (χ3n) is 3.17. The van der Waals surface area contributed by atoms with Crippen molar-refractivity contribution in [2.75, 3.05) is 0 Å². The van der Waals surface area contributed by atoms with E-state index in [9.17, 15) is 4.79 Å². The van der Waals surface area contributed by atoms with Gasteiger partial charge in [0.25, 0.3) is 0 Å². The van der Waals surface area contributed by atoms with Crippen molar-refractivity contribution >= 4 is 5.78 Å². The number of aromatic amines is 1. The number of hydrogen-bond donors (Lipinski definition) is 1. The number of nitrogens with zero attached hydrogens (tertiary/aromatic N) is 1. The summed E-state index contributed by atoms with van der Waals surface area (Å²) in [6, 6.07) is 10.2. The van der Waals surface area contributed by atoms with Gasteiger partial charge in [0.1, 0.15) is 0 Å². The van der Waals surface area contributed by atoms with Crippen LogP contribution in [0.2, 0.25) is 0 Å². The number of hydrogen-bond acceptors (Lipinski definition) is 2. The molecule has 3 nitrogen and oxygen atoms in total. The molecule has 0 spiro atoms. The molecule has 0 unspecified atom stereocenters. The van der Waals surface area contributed by atoms with Gasteiger partial charge in [-0.05, 0) is 17.9 Å². The van der Waals surface area contributed by atoms with Gasteiger partial charge in [-0.1, -0.05) is 30.3 Å². The molecule has 1 aromatic carbocycles. The Balaban J connectivity index is 1.95. The van der Waals surface area contributed by atoms with E-state index in [0.29, 0.717) is 12.3 Å². The van der Waals surface area contributed by atoms with E-state index < -0.39 is 0 Å². The van der Waals surface area contributed by atoms with E-state index in [1.165, 1.54) is 5.56 Å². The van der Waals surface area contributed by atoms with E-state index in [4.69, 9.17) is 0 Å². The molecule has 16 heavy (non-hydrogen) atoms. The Kier molecular flexibility index (Phi) is 2.10. The standard InChI is InChI=1S/C13H12N2O/c16-13-7-10(9-4-2-1-3-5-9)6-12-11(13)8-14-15-12/h1-5,8,10H,6-7H2,(H,14,15)/t10-/m0/s1. The van der Waals surface area contributed by atoms with Crippen LogP contribution >= 0.6 is 0 Å². The Morgan fingerprint density at radius 1 is 1.19 bits per heavy atom. The van der Waals surface area contributed by atoms with Crippen LogP contribution in [0.25, 0.3) is 0 Å². The quantitative estimate of drug-likeness (QED) is 0.788. The summed E-state index contributed by atoms with van der Waals surface area (Å²) in [7, 11) is 0. The molecule has 2 aromatic rings. The normalized spacial score (nSPS) is 19.5. The number of aromatic nitrogens is 2. The van der Waals surface area contributed by atoms with Crippen molar-refractivity contribution in [2.45, 2.75) is 18.8 Å². The predicted molar refractivity (Wildman–Crippen MR) is 60.4 cm³/mol. The molecule has 1 aliphatic carbocycles. The fraction of sp³-hybridized carbons (Fsp3) is 0.231. The van der Waals surface area contributed by atoms with Gasteiger partial charge in [0.05, 0.1) is 11.8 Å². The number of benzene rings is 1. The largest absolute Gasteiger partial charge is 0.294 e. The number of Topliss-reactive ketones (excluding diaryl/α,β-unsaturated/α-hetero) is 1. The molecule has 80 valence electrons. The molecular weight excluding hydrogens is 200 g/mol. The van der Waals surface area contributed by atoms with Gasteiger partial charge in [-0.15, -0.1) is 0 Å². The summed E-state index contributed by atoms with van der Waals surface area (Å²) in [5.74, 6) is 0.491. The number of fused-ring (bicyclic) bond motifs is 1. The molecule has 0 fully saturated rings. The molecule has 1 heterocycles. The second-order valence-corrected chi connectivity index (χ2v) is 4.20. The van der Waals surface area contributed by atoms with Gasteiger partial charge >= 0.3 is 0 Å². The highest BCUT2D eigenvalue weighted by molar-refractivity contribution is 5.98. The van der Waals surface area contributed by atoms with Crippen LogP contribution in [-0.4, -0.2) is 16.0 Å². The van der Waals surface area contributed by atoms with Crippen LogP contribution in [0.5, 0.6) is 0 Å². The number of carbonyl (C=O) groups excluding carboxylic acids is 1. The minimum absolute atomic E-state index is 0.198. The Morgan fingerprint density at radius 2 is 2.00 bits per heavy atom. The zero-order valence-corrected chi connectivity index (χ0v) is 8.81. The van der Waals surface area contributed by atoms with E-state index in [2.05, 4.69) is 22.3 Å². The third-order valence-corrected chi connectivity index (χ3v) is 3.17. The van der Waals surface area contributed by atoms with E-state index in [-0.39, 0.29) is 5.78 Å². The first-order valence-electron chi connectivity index (χ1n) is 5.45. The zero-order chi connectivity index (χ0) is 11.0. The molecule has 1 atom stereocenters. The third kappa shape index (κ3) is 1.45. The van der Waals surface area contributed by atoms with Crippen molar-refractivity contribution in [1.29, 1.82) is 0 Å².